The van der Waals surface area contributed by atoms with E-state index in [1.807, 2.05) is 58.3 Å². The maximum atomic E-state index is 12.8. The number of amides is 2. The highest BCUT2D eigenvalue weighted by molar-refractivity contribution is 5.95. The third-order valence-corrected chi connectivity index (χ3v) is 5.77. The molecule has 0 atom stereocenters. The zero-order valence-corrected chi connectivity index (χ0v) is 17.0. The van der Waals surface area contributed by atoms with Gasteiger partial charge in [-0.15, -0.1) is 0 Å². The number of ether oxygens (including phenoxy) is 2. The Balaban J connectivity index is 1.15. The van der Waals surface area contributed by atoms with Crippen molar-refractivity contribution in [2.45, 2.75) is 18.9 Å². The number of rotatable bonds is 4. The smallest absolute Gasteiger partial charge is 0.253 e. The van der Waals surface area contributed by atoms with Crippen LogP contribution >= 0.6 is 0 Å². The molecule has 1 N–H and O–H groups in total. The fourth-order valence-electron chi connectivity index (χ4n) is 4.00. The summed E-state index contributed by atoms with van der Waals surface area (Å²) in [4.78, 5) is 27.3. The molecule has 2 aliphatic heterocycles. The van der Waals surface area contributed by atoms with Crippen LogP contribution in [0.15, 0.2) is 67.0 Å². The molecule has 0 bridgehead atoms. The summed E-state index contributed by atoms with van der Waals surface area (Å²) in [7, 11) is 0. The van der Waals surface area contributed by atoms with Crippen LogP contribution in [0.1, 0.15) is 33.6 Å². The highest BCUT2D eigenvalue weighted by Gasteiger charge is 2.26. The van der Waals surface area contributed by atoms with Crippen molar-refractivity contribution in [3.05, 3.63) is 78.1 Å². The molecule has 1 aromatic heterocycles. The second-order valence-corrected chi connectivity index (χ2v) is 7.75. The van der Waals surface area contributed by atoms with Crippen molar-refractivity contribution in [2.24, 2.45) is 0 Å². The number of carbonyl (C=O) groups is 2. The van der Waals surface area contributed by atoms with Gasteiger partial charge in [-0.3, -0.25) is 9.59 Å². The quantitative estimate of drug-likeness (QED) is 0.707. The summed E-state index contributed by atoms with van der Waals surface area (Å²) in [6.07, 6.45) is 5.38. The van der Waals surface area contributed by atoms with E-state index in [-0.39, 0.29) is 24.6 Å². The number of benzene rings is 2. The lowest BCUT2D eigenvalue weighted by atomic mass is 10.0. The van der Waals surface area contributed by atoms with Gasteiger partial charge in [0.25, 0.3) is 11.8 Å². The minimum atomic E-state index is -0.0837. The molecule has 0 unspecified atom stereocenters. The van der Waals surface area contributed by atoms with Gasteiger partial charge in [-0.25, -0.2) is 0 Å². The average Bonchev–Trinajstić information content (AvgIpc) is 3.51. The number of fused-ring (bicyclic) bond motifs is 1. The predicted molar refractivity (Wildman–Crippen MR) is 115 cm³/mol. The van der Waals surface area contributed by atoms with E-state index in [1.54, 1.807) is 18.2 Å². The Labute approximate surface area is 180 Å². The van der Waals surface area contributed by atoms with Crippen LogP contribution in [-0.4, -0.2) is 47.2 Å². The van der Waals surface area contributed by atoms with Crippen LogP contribution < -0.4 is 14.8 Å². The molecule has 7 heteroatoms. The second-order valence-electron chi connectivity index (χ2n) is 7.75. The van der Waals surface area contributed by atoms with Gasteiger partial charge in [0.05, 0.1) is 0 Å². The van der Waals surface area contributed by atoms with Gasteiger partial charge in [-0.2, -0.15) is 0 Å². The Morgan fingerprint density at radius 3 is 2.29 bits per heavy atom. The SMILES string of the molecule is O=C(NC1CCN(C(=O)c2ccc3c(c2)OCO3)CC1)c1ccc(-n2cccc2)cc1. The number of hydrogen-bond donors (Lipinski definition) is 1. The molecule has 1 saturated heterocycles. The Morgan fingerprint density at radius 2 is 1.55 bits per heavy atom. The molecule has 7 nitrogen and oxygen atoms in total. The molecule has 2 aromatic carbocycles. The van der Waals surface area contributed by atoms with Crippen molar-refractivity contribution in [3.8, 4) is 17.2 Å². The van der Waals surface area contributed by atoms with E-state index in [2.05, 4.69) is 5.32 Å². The number of nitrogens with one attached hydrogen (secondary N) is 1. The molecule has 5 rings (SSSR count). The Bertz CT molecular complexity index is 1080. The summed E-state index contributed by atoms with van der Waals surface area (Å²) in [5.74, 6) is 1.17. The van der Waals surface area contributed by atoms with E-state index in [4.69, 9.17) is 9.47 Å². The molecule has 158 valence electrons. The first-order valence-electron chi connectivity index (χ1n) is 10.4. The number of likely N-dealkylation sites (tertiary alicyclic amines) is 1. The summed E-state index contributed by atoms with van der Waals surface area (Å²) >= 11 is 0. The average molecular weight is 417 g/mol. The summed E-state index contributed by atoms with van der Waals surface area (Å²) in [5.41, 5.74) is 2.24. The van der Waals surface area contributed by atoms with Crippen molar-refractivity contribution >= 4 is 11.8 Å². The molecule has 0 aliphatic carbocycles. The van der Waals surface area contributed by atoms with Crippen LogP contribution in [0.4, 0.5) is 0 Å². The summed E-state index contributed by atoms with van der Waals surface area (Å²) in [6.45, 7) is 1.39. The first-order valence-corrected chi connectivity index (χ1v) is 10.4. The van der Waals surface area contributed by atoms with Crippen molar-refractivity contribution in [1.29, 1.82) is 0 Å². The van der Waals surface area contributed by atoms with Gasteiger partial charge in [-0.1, -0.05) is 0 Å². The first kappa shape index (κ1) is 19.2. The van der Waals surface area contributed by atoms with E-state index < -0.39 is 0 Å². The molecule has 2 aliphatic rings. The molecule has 31 heavy (non-hydrogen) atoms. The van der Waals surface area contributed by atoms with Crippen LogP contribution in [0.25, 0.3) is 5.69 Å². The minimum Gasteiger partial charge on any atom is -0.454 e. The number of aromatic nitrogens is 1. The normalized spacial score (nSPS) is 15.7. The predicted octanol–water partition coefficient (Wildman–Crippen LogP) is 3.24. The zero-order valence-electron chi connectivity index (χ0n) is 17.0. The van der Waals surface area contributed by atoms with Crippen molar-refractivity contribution in [2.75, 3.05) is 19.9 Å². The Kier molecular flexibility index (Phi) is 5.08. The minimum absolute atomic E-state index is 0.0244. The van der Waals surface area contributed by atoms with Crippen molar-refractivity contribution < 1.29 is 19.1 Å². The van der Waals surface area contributed by atoms with Crippen molar-refractivity contribution in [3.63, 3.8) is 0 Å². The summed E-state index contributed by atoms with van der Waals surface area (Å²) in [6, 6.07) is 16.8. The van der Waals surface area contributed by atoms with Gasteiger partial charge in [0.2, 0.25) is 6.79 Å². The molecule has 1 fully saturated rings. The van der Waals surface area contributed by atoms with Crippen LogP contribution in [-0.2, 0) is 0 Å². The molecule has 0 radical (unpaired) electrons. The van der Waals surface area contributed by atoms with Crippen molar-refractivity contribution in [1.82, 2.24) is 14.8 Å². The lowest BCUT2D eigenvalue weighted by Gasteiger charge is -2.32. The van der Waals surface area contributed by atoms with Gasteiger partial charge < -0.3 is 24.3 Å². The maximum absolute atomic E-state index is 12.8. The van der Waals surface area contributed by atoms with Gasteiger partial charge in [0.1, 0.15) is 0 Å². The van der Waals surface area contributed by atoms with Crippen LogP contribution in [0.5, 0.6) is 11.5 Å². The highest BCUT2D eigenvalue weighted by atomic mass is 16.7. The van der Waals surface area contributed by atoms with E-state index in [0.717, 1.165) is 18.5 Å². The number of hydrogen-bond acceptors (Lipinski definition) is 4. The van der Waals surface area contributed by atoms with Gasteiger partial charge in [-0.05, 0) is 67.4 Å². The Morgan fingerprint density at radius 1 is 0.871 bits per heavy atom. The molecule has 0 spiro atoms. The van der Waals surface area contributed by atoms with Gasteiger partial charge in [0.15, 0.2) is 11.5 Å². The number of nitrogens with zero attached hydrogens (tertiary/aromatic N) is 2. The lowest BCUT2D eigenvalue weighted by Crippen LogP contribution is -2.46. The maximum Gasteiger partial charge on any atom is 0.253 e. The highest BCUT2D eigenvalue weighted by Crippen LogP contribution is 2.33. The van der Waals surface area contributed by atoms with E-state index >= 15 is 0 Å². The van der Waals surface area contributed by atoms with E-state index in [9.17, 15) is 9.59 Å². The fourth-order valence-corrected chi connectivity index (χ4v) is 4.00. The van der Waals surface area contributed by atoms with E-state index in [0.29, 0.717) is 35.7 Å². The van der Waals surface area contributed by atoms with Crippen LogP contribution in [0.3, 0.4) is 0 Å². The Hall–Kier alpha value is -3.74. The second kappa shape index (κ2) is 8.18. The first-order chi connectivity index (χ1) is 15.2. The fraction of sp³-hybridized carbons (Fsp3) is 0.250. The molecule has 3 heterocycles. The summed E-state index contributed by atoms with van der Waals surface area (Å²) < 4.78 is 12.7. The zero-order chi connectivity index (χ0) is 21.2. The van der Waals surface area contributed by atoms with Gasteiger partial charge >= 0.3 is 0 Å². The number of piperidine rings is 1. The number of carbonyl (C=O) groups excluding carboxylic acids is 2. The van der Waals surface area contributed by atoms with Crippen LogP contribution in [0, 0.1) is 0 Å². The third kappa shape index (κ3) is 3.99. The molecule has 0 saturated carbocycles. The lowest BCUT2D eigenvalue weighted by molar-refractivity contribution is 0.0697. The molecular formula is C24H23N3O4. The summed E-state index contributed by atoms with van der Waals surface area (Å²) in [5, 5.41) is 3.10. The largest absolute Gasteiger partial charge is 0.454 e. The third-order valence-electron chi connectivity index (χ3n) is 5.77. The molecule has 3 aromatic rings. The molecular weight excluding hydrogens is 394 g/mol. The van der Waals surface area contributed by atoms with E-state index in [1.165, 1.54) is 0 Å². The van der Waals surface area contributed by atoms with Crippen LogP contribution in [0.2, 0.25) is 0 Å². The monoisotopic (exact) mass is 417 g/mol. The van der Waals surface area contributed by atoms with Gasteiger partial charge in [0, 0.05) is 48.3 Å². The molecule has 2 amide bonds. The standard InChI is InChI=1S/C24H23N3O4/c28-23(17-3-6-20(7-4-17)26-11-1-2-12-26)25-19-9-13-27(14-10-19)24(29)18-5-8-21-22(15-18)31-16-30-21/h1-8,11-12,15,19H,9-10,13-14,16H2,(H,25,28). The topological polar surface area (TPSA) is 72.8 Å².